The average Bonchev–Trinajstić information content (AvgIpc) is 2.89. The van der Waals surface area contributed by atoms with Crippen LogP contribution in [0.5, 0.6) is 0 Å². The van der Waals surface area contributed by atoms with E-state index in [2.05, 4.69) is 22.4 Å². The number of nitriles is 2. The Morgan fingerprint density at radius 1 is 1.03 bits per heavy atom. The van der Waals surface area contributed by atoms with E-state index in [1.165, 1.54) is 18.3 Å². The maximum atomic E-state index is 13.6. The number of rotatable bonds is 8. The van der Waals surface area contributed by atoms with Gasteiger partial charge in [0.05, 0.1) is 28.8 Å². The lowest BCUT2D eigenvalue weighted by Crippen LogP contribution is -2.24. The Balaban J connectivity index is 1.83. The van der Waals surface area contributed by atoms with Gasteiger partial charge in [-0.1, -0.05) is 36.4 Å². The summed E-state index contributed by atoms with van der Waals surface area (Å²) < 4.78 is 13.6. The lowest BCUT2D eigenvalue weighted by atomic mass is 9.89. The second-order valence-electron chi connectivity index (χ2n) is 8.02. The molecule has 1 amide bonds. The van der Waals surface area contributed by atoms with Crippen LogP contribution in [0.1, 0.15) is 33.7 Å². The normalized spacial score (nSPS) is 11.2. The van der Waals surface area contributed by atoms with Gasteiger partial charge in [0, 0.05) is 30.1 Å². The van der Waals surface area contributed by atoms with Crippen molar-refractivity contribution in [2.24, 2.45) is 5.73 Å². The Morgan fingerprint density at radius 2 is 1.83 bits per heavy atom. The molecule has 0 saturated carbocycles. The highest BCUT2D eigenvalue weighted by Crippen LogP contribution is 2.34. The summed E-state index contributed by atoms with van der Waals surface area (Å²) in [5.74, 6) is -1.55. The summed E-state index contributed by atoms with van der Waals surface area (Å²) in [5, 5.41) is 22.8. The van der Waals surface area contributed by atoms with Gasteiger partial charge in [-0.3, -0.25) is 9.78 Å². The minimum Gasteiger partial charge on any atom is -0.369 e. The predicted molar refractivity (Wildman–Crippen MR) is 133 cm³/mol. The van der Waals surface area contributed by atoms with E-state index in [-0.39, 0.29) is 11.4 Å². The molecule has 4 aromatic rings. The van der Waals surface area contributed by atoms with Gasteiger partial charge in [0.15, 0.2) is 0 Å². The second kappa shape index (κ2) is 10.9. The minimum absolute atomic E-state index is 0.193. The molecule has 0 aliphatic carbocycles. The number of nitrogens with two attached hydrogens (primary N) is 1. The van der Waals surface area contributed by atoms with Crippen LogP contribution in [0.25, 0.3) is 11.3 Å². The molecule has 1 atom stereocenters. The number of anilines is 1. The Labute approximate surface area is 207 Å². The third-order valence-corrected chi connectivity index (χ3v) is 5.68. The molecular weight excluding hydrogens is 455 g/mol. The van der Waals surface area contributed by atoms with Crippen LogP contribution in [0.3, 0.4) is 0 Å². The number of benzene rings is 2. The van der Waals surface area contributed by atoms with Crippen molar-refractivity contribution in [3.63, 3.8) is 0 Å². The summed E-state index contributed by atoms with van der Waals surface area (Å²) in [7, 11) is 0. The first-order valence-corrected chi connectivity index (χ1v) is 11.1. The van der Waals surface area contributed by atoms with Crippen molar-refractivity contribution in [3.05, 3.63) is 113 Å². The summed E-state index contributed by atoms with van der Waals surface area (Å²) in [6.45, 7) is 0.368. The maximum Gasteiger partial charge on any atom is 0.229 e. The number of pyridine rings is 2. The molecule has 2 aromatic heterocycles. The van der Waals surface area contributed by atoms with E-state index in [0.29, 0.717) is 46.7 Å². The van der Waals surface area contributed by atoms with Crippen LogP contribution in [0.2, 0.25) is 0 Å². The number of aromatic nitrogens is 2. The number of amides is 1. The molecule has 7 nitrogen and oxygen atoms in total. The molecule has 8 heteroatoms. The van der Waals surface area contributed by atoms with Crippen molar-refractivity contribution in [1.29, 1.82) is 10.5 Å². The Bertz CT molecular complexity index is 1490. The highest BCUT2D eigenvalue weighted by Gasteiger charge is 2.27. The number of primary amides is 1. The van der Waals surface area contributed by atoms with E-state index in [1.807, 2.05) is 6.07 Å². The van der Waals surface area contributed by atoms with E-state index < -0.39 is 11.8 Å². The van der Waals surface area contributed by atoms with E-state index in [0.717, 1.165) is 5.56 Å². The number of carbonyl (C=O) groups is 1. The molecule has 0 aliphatic heterocycles. The van der Waals surface area contributed by atoms with Crippen molar-refractivity contribution in [1.82, 2.24) is 9.97 Å². The molecule has 0 saturated heterocycles. The van der Waals surface area contributed by atoms with Gasteiger partial charge in [0.1, 0.15) is 17.7 Å². The Hall–Kier alpha value is -5.08. The molecule has 2 heterocycles. The van der Waals surface area contributed by atoms with Crippen molar-refractivity contribution in [3.8, 4) is 23.4 Å². The topological polar surface area (TPSA) is 128 Å². The third-order valence-electron chi connectivity index (χ3n) is 5.68. The molecule has 3 N–H and O–H groups in total. The monoisotopic (exact) mass is 476 g/mol. The van der Waals surface area contributed by atoms with Crippen LogP contribution in [-0.2, 0) is 11.2 Å². The van der Waals surface area contributed by atoms with Gasteiger partial charge in [-0.15, -0.1) is 0 Å². The Kier molecular flexibility index (Phi) is 7.28. The van der Waals surface area contributed by atoms with Crippen LogP contribution in [0.4, 0.5) is 10.2 Å². The molecule has 2 aromatic carbocycles. The fourth-order valence-corrected chi connectivity index (χ4v) is 4.03. The summed E-state index contributed by atoms with van der Waals surface area (Å²) >= 11 is 0. The molecule has 176 valence electrons. The average molecular weight is 477 g/mol. The van der Waals surface area contributed by atoms with Crippen LogP contribution in [0.15, 0.2) is 79.1 Å². The lowest BCUT2D eigenvalue weighted by molar-refractivity contribution is -0.118. The molecular formula is C28H21FN6O. The number of halogens is 1. The zero-order chi connectivity index (χ0) is 25.5. The SMILES string of the molecule is N#Cc1ccccc1-c1nc(NCCc2cccc(F)c2)c(C(C(N)=O)c2cccnc2)cc1C#N. The van der Waals surface area contributed by atoms with Crippen molar-refractivity contribution >= 4 is 11.7 Å². The van der Waals surface area contributed by atoms with Gasteiger partial charge in [0.25, 0.3) is 0 Å². The first-order chi connectivity index (χ1) is 17.5. The minimum atomic E-state index is -0.921. The molecule has 0 aliphatic rings. The summed E-state index contributed by atoms with van der Waals surface area (Å²) in [5.41, 5.74) is 8.90. The zero-order valence-electron chi connectivity index (χ0n) is 19.1. The quantitative estimate of drug-likeness (QED) is 0.390. The number of carbonyl (C=O) groups excluding carboxylic acids is 1. The first kappa shape index (κ1) is 24.1. The molecule has 36 heavy (non-hydrogen) atoms. The highest BCUT2D eigenvalue weighted by atomic mass is 19.1. The summed E-state index contributed by atoms with van der Waals surface area (Å²) in [6, 6.07) is 22.4. The van der Waals surface area contributed by atoms with E-state index >= 15 is 0 Å². The fourth-order valence-electron chi connectivity index (χ4n) is 4.03. The summed E-state index contributed by atoms with van der Waals surface area (Å²) in [6.07, 6.45) is 3.61. The van der Waals surface area contributed by atoms with Gasteiger partial charge >= 0.3 is 0 Å². The van der Waals surface area contributed by atoms with Crippen LogP contribution < -0.4 is 11.1 Å². The number of nitrogens with zero attached hydrogens (tertiary/aromatic N) is 4. The zero-order valence-corrected chi connectivity index (χ0v) is 19.1. The van der Waals surface area contributed by atoms with E-state index in [1.54, 1.807) is 54.7 Å². The first-order valence-electron chi connectivity index (χ1n) is 11.1. The van der Waals surface area contributed by atoms with Gasteiger partial charge < -0.3 is 11.1 Å². The van der Waals surface area contributed by atoms with Crippen LogP contribution in [-0.4, -0.2) is 22.4 Å². The predicted octanol–water partition coefficient (Wildman–Crippen LogP) is 4.30. The lowest BCUT2D eigenvalue weighted by Gasteiger charge is -2.20. The Morgan fingerprint density at radius 3 is 2.53 bits per heavy atom. The highest BCUT2D eigenvalue weighted by molar-refractivity contribution is 5.88. The van der Waals surface area contributed by atoms with Gasteiger partial charge in [-0.2, -0.15) is 10.5 Å². The molecule has 0 radical (unpaired) electrons. The fraction of sp³-hybridized carbons (Fsp3) is 0.107. The van der Waals surface area contributed by atoms with Crippen LogP contribution >= 0.6 is 0 Å². The van der Waals surface area contributed by atoms with Crippen molar-refractivity contribution in [2.45, 2.75) is 12.3 Å². The van der Waals surface area contributed by atoms with Crippen molar-refractivity contribution < 1.29 is 9.18 Å². The molecule has 1 unspecified atom stereocenters. The largest absolute Gasteiger partial charge is 0.369 e. The van der Waals surface area contributed by atoms with Crippen molar-refractivity contribution in [2.75, 3.05) is 11.9 Å². The molecule has 0 spiro atoms. The standard InChI is InChI=1S/C28H21FN6O/c29-22-8-3-5-18(13-22)10-12-34-28-24(25(27(32)36)20-7-4-11-33-17-20)14-21(16-31)26(35-28)23-9-2-1-6-19(23)15-30/h1-9,11,13-14,17,25H,10,12H2,(H2,32,36)(H,34,35). The molecule has 0 bridgehead atoms. The van der Waals surface area contributed by atoms with E-state index in [9.17, 15) is 19.7 Å². The molecule has 4 rings (SSSR count). The van der Waals surface area contributed by atoms with E-state index in [4.69, 9.17) is 10.7 Å². The number of hydrogen-bond donors (Lipinski definition) is 2. The number of nitrogens with one attached hydrogen (secondary N) is 1. The third kappa shape index (κ3) is 5.19. The van der Waals surface area contributed by atoms with Gasteiger partial charge in [-0.05, 0) is 47.9 Å². The second-order valence-corrected chi connectivity index (χ2v) is 8.02. The van der Waals surface area contributed by atoms with Gasteiger partial charge in [-0.25, -0.2) is 9.37 Å². The maximum absolute atomic E-state index is 13.6. The smallest absolute Gasteiger partial charge is 0.229 e. The van der Waals surface area contributed by atoms with Gasteiger partial charge in [0.2, 0.25) is 5.91 Å². The van der Waals surface area contributed by atoms with Crippen LogP contribution in [0, 0.1) is 28.5 Å². The molecule has 0 fully saturated rings. The number of hydrogen-bond acceptors (Lipinski definition) is 6. The summed E-state index contributed by atoms with van der Waals surface area (Å²) in [4.78, 5) is 21.4.